The fourth-order valence-corrected chi connectivity index (χ4v) is 1.25. The first-order valence-corrected chi connectivity index (χ1v) is 3.78. The predicted octanol–water partition coefficient (Wildman–Crippen LogP) is 1.96. The molecule has 0 amide bonds. The summed E-state index contributed by atoms with van der Waals surface area (Å²) in [6, 6.07) is 3.30. The van der Waals surface area contributed by atoms with Crippen molar-refractivity contribution in [2.45, 2.75) is 6.92 Å². The van der Waals surface area contributed by atoms with Gasteiger partial charge in [0, 0.05) is 6.07 Å². The zero-order valence-corrected chi connectivity index (χ0v) is 7.21. The molecule has 0 saturated carbocycles. The minimum Gasteiger partial charge on any atom is -0.445 e. The van der Waals surface area contributed by atoms with E-state index in [2.05, 4.69) is 0 Å². The first-order chi connectivity index (χ1) is 6.34. The first kappa shape index (κ1) is 10.6. The van der Waals surface area contributed by atoms with Gasteiger partial charge in [0.25, 0.3) is 0 Å². The third kappa shape index (κ3) is 1.86. The van der Waals surface area contributed by atoms with Gasteiger partial charge in [0.2, 0.25) is 5.69 Å². The van der Waals surface area contributed by atoms with E-state index in [9.17, 15) is 23.1 Å². The second-order valence-corrected chi connectivity index (χ2v) is 2.84. The van der Waals surface area contributed by atoms with Crippen LogP contribution in [0.1, 0.15) is 5.56 Å². The molecule has 0 aliphatic rings. The van der Waals surface area contributed by atoms with Crippen molar-refractivity contribution < 1.29 is 17.9 Å². The number of hydrogen-bond acceptors (Lipinski definition) is 2. The third-order valence-electron chi connectivity index (χ3n) is 1.83. The number of rotatable bonds is 2. The summed E-state index contributed by atoms with van der Waals surface area (Å²) in [6.45, 7) is -4.13. The topological polar surface area (TPSA) is 43.1 Å². The van der Waals surface area contributed by atoms with Crippen molar-refractivity contribution in [3.8, 4) is 0 Å². The lowest BCUT2D eigenvalue weighted by molar-refractivity contribution is -0.383. The fourth-order valence-electron chi connectivity index (χ4n) is 1.25. The van der Waals surface area contributed by atoms with Gasteiger partial charge in [0.05, 0.1) is 4.92 Å². The van der Waals surface area contributed by atoms with Crippen molar-refractivity contribution in [3.63, 3.8) is 0 Å². The van der Waals surface area contributed by atoms with Crippen LogP contribution < -0.4 is 5.46 Å². The standard InChI is InChI=1S/C7H6BF3NO2/c1-5-3-2-4-6(12(13)14)7(5)8(9,10)11/h2-4H,1H3/q-1. The average molecular weight is 204 g/mol. The second-order valence-electron chi connectivity index (χ2n) is 2.84. The van der Waals surface area contributed by atoms with Gasteiger partial charge in [-0.25, -0.2) is 0 Å². The number of nitro benzene ring substituents is 1. The van der Waals surface area contributed by atoms with Gasteiger partial charge in [-0.3, -0.25) is 10.1 Å². The Balaban J connectivity index is 3.45. The minimum atomic E-state index is -5.33. The SMILES string of the molecule is Cc1cccc([N+](=O)[O-])c1[B-](F)(F)F. The third-order valence-corrected chi connectivity index (χ3v) is 1.83. The largest absolute Gasteiger partial charge is 0.516 e. The molecule has 0 aliphatic carbocycles. The smallest absolute Gasteiger partial charge is 0.445 e. The second kappa shape index (κ2) is 3.32. The van der Waals surface area contributed by atoms with E-state index >= 15 is 0 Å². The molecule has 7 heteroatoms. The summed E-state index contributed by atoms with van der Waals surface area (Å²) in [7, 11) is 0. The lowest BCUT2D eigenvalue weighted by Gasteiger charge is -2.17. The van der Waals surface area contributed by atoms with Gasteiger partial charge < -0.3 is 12.9 Å². The minimum absolute atomic E-state index is 0.119. The zero-order valence-electron chi connectivity index (χ0n) is 7.21. The van der Waals surface area contributed by atoms with Crippen molar-refractivity contribution >= 4 is 18.1 Å². The molecule has 0 aromatic heterocycles. The van der Waals surface area contributed by atoms with Gasteiger partial charge in [-0.05, 0) is 12.4 Å². The van der Waals surface area contributed by atoms with Gasteiger partial charge in [-0.1, -0.05) is 17.7 Å². The van der Waals surface area contributed by atoms with E-state index in [1.54, 1.807) is 0 Å². The molecule has 0 bridgehead atoms. The van der Waals surface area contributed by atoms with Crippen LogP contribution in [0.15, 0.2) is 18.2 Å². The Morgan fingerprint density at radius 2 is 1.93 bits per heavy atom. The summed E-state index contributed by atoms with van der Waals surface area (Å²) < 4.78 is 37.3. The van der Waals surface area contributed by atoms with E-state index in [1.807, 2.05) is 0 Å². The molecule has 0 fully saturated rings. The Bertz CT molecular complexity index is 378. The maximum absolute atomic E-state index is 12.4. The van der Waals surface area contributed by atoms with Crippen LogP contribution in [0.2, 0.25) is 0 Å². The molecule has 3 nitrogen and oxygen atoms in total. The summed E-state index contributed by atoms with van der Waals surface area (Å²) in [4.78, 5) is 9.32. The van der Waals surface area contributed by atoms with Crippen LogP contribution in [0.5, 0.6) is 0 Å². The van der Waals surface area contributed by atoms with Crippen molar-refractivity contribution in [1.29, 1.82) is 0 Å². The Hall–Kier alpha value is -1.53. The van der Waals surface area contributed by atoms with Crippen LogP contribution in [-0.4, -0.2) is 11.9 Å². The monoisotopic (exact) mass is 204 g/mol. The predicted molar refractivity (Wildman–Crippen MR) is 46.5 cm³/mol. The maximum Gasteiger partial charge on any atom is 0.516 e. The molecule has 14 heavy (non-hydrogen) atoms. The van der Waals surface area contributed by atoms with Crippen LogP contribution in [0.4, 0.5) is 18.6 Å². The normalized spacial score (nSPS) is 11.4. The number of aryl methyl sites for hydroxylation is 1. The lowest BCUT2D eigenvalue weighted by atomic mass is 9.76. The fraction of sp³-hybridized carbons (Fsp3) is 0.143. The number of benzene rings is 1. The molecule has 0 atom stereocenters. The summed E-state index contributed by atoms with van der Waals surface area (Å²) in [6.07, 6.45) is 0. The maximum atomic E-state index is 12.4. The molecular weight excluding hydrogens is 198 g/mol. The van der Waals surface area contributed by atoms with Crippen LogP contribution in [0, 0.1) is 17.0 Å². The highest BCUT2D eigenvalue weighted by atomic mass is 19.4. The van der Waals surface area contributed by atoms with Crippen molar-refractivity contribution in [3.05, 3.63) is 33.9 Å². The van der Waals surface area contributed by atoms with E-state index in [-0.39, 0.29) is 5.56 Å². The van der Waals surface area contributed by atoms with Gasteiger partial charge in [-0.15, -0.1) is 0 Å². The molecule has 0 heterocycles. The molecule has 0 N–H and O–H groups in total. The summed E-state index contributed by atoms with van der Waals surface area (Å²) >= 11 is 0. The van der Waals surface area contributed by atoms with Crippen molar-refractivity contribution in [1.82, 2.24) is 0 Å². The number of hydrogen-bond donors (Lipinski definition) is 0. The van der Waals surface area contributed by atoms with Crippen molar-refractivity contribution in [2.24, 2.45) is 0 Å². The molecule has 1 rings (SSSR count). The Morgan fingerprint density at radius 1 is 1.36 bits per heavy atom. The van der Waals surface area contributed by atoms with Gasteiger partial charge in [0.1, 0.15) is 0 Å². The number of nitrogens with zero attached hydrogens (tertiary/aromatic N) is 1. The van der Waals surface area contributed by atoms with Crippen LogP contribution >= 0.6 is 0 Å². The first-order valence-electron chi connectivity index (χ1n) is 3.78. The highest BCUT2D eigenvalue weighted by Crippen LogP contribution is 2.19. The summed E-state index contributed by atoms with van der Waals surface area (Å²) in [5, 5.41) is 10.3. The average Bonchev–Trinajstić information content (AvgIpc) is 2.01. The van der Waals surface area contributed by atoms with E-state index in [0.29, 0.717) is 0 Å². The zero-order chi connectivity index (χ0) is 10.9. The molecule has 1 aromatic rings. The van der Waals surface area contributed by atoms with E-state index in [0.717, 1.165) is 6.07 Å². The molecular formula is C7H6BF3NO2-. The van der Waals surface area contributed by atoms with Gasteiger partial charge >= 0.3 is 6.98 Å². The highest BCUT2D eigenvalue weighted by Gasteiger charge is 2.34. The highest BCUT2D eigenvalue weighted by molar-refractivity contribution is 6.75. The van der Waals surface area contributed by atoms with Crippen LogP contribution in [0.25, 0.3) is 0 Å². The van der Waals surface area contributed by atoms with E-state index in [1.165, 1.54) is 19.1 Å². The molecule has 0 aliphatic heterocycles. The van der Waals surface area contributed by atoms with Crippen LogP contribution in [0.3, 0.4) is 0 Å². The lowest BCUT2D eigenvalue weighted by Crippen LogP contribution is -2.37. The molecule has 1 aromatic carbocycles. The van der Waals surface area contributed by atoms with Gasteiger partial charge in [-0.2, -0.15) is 0 Å². The summed E-state index contributed by atoms with van der Waals surface area (Å²) in [5.41, 5.74) is -2.11. The quantitative estimate of drug-likeness (QED) is 0.419. The molecule has 0 radical (unpaired) electrons. The number of halogens is 3. The molecule has 76 valence electrons. The van der Waals surface area contributed by atoms with Crippen LogP contribution in [-0.2, 0) is 0 Å². The Labute approximate surface area is 77.8 Å². The molecule has 0 unspecified atom stereocenters. The number of nitro groups is 1. The Morgan fingerprint density at radius 3 is 2.29 bits per heavy atom. The van der Waals surface area contributed by atoms with E-state index in [4.69, 9.17) is 0 Å². The van der Waals surface area contributed by atoms with Crippen molar-refractivity contribution in [2.75, 3.05) is 0 Å². The molecule has 0 saturated heterocycles. The van der Waals surface area contributed by atoms with Gasteiger partial charge in [0.15, 0.2) is 0 Å². The molecule has 0 spiro atoms. The summed E-state index contributed by atoms with van der Waals surface area (Å²) in [5.74, 6) is 0. The van der Waals surface area contributed by atoms with E-state index < -0.39 is 23.1 Å². The Kier molecular flexibility index (Phi) is 2.50.